The minimum Gasteiger partial charge on any atom is -0.479 e. The molecule has 7 nitrogen and oxygen atoms in total. The number of fused-ring (bicyclic) bond motifs is 5. The van der Waals surface area contributed by atoms with Gasteiger partial charge >= 0.3 is 11.9 Å². The molecule has 176 valence electrons. The Labute approximate surface area is 189 Å². The van der Waals surface area contributed by atoms with Crippen LogP contribution >= 0.6 is 0 Å². The van der Waals surface area contributed by atoms with E-state index in [1.165, 1.54) is 12.5 Å². The zero-order valence-electron chi connectivity index (χ0n) is 19.6. The summed E-state index contributed by atoms with van der Waals surface area (Å²) >= 11 is 0. The summed E-state index contributed by atoms with van der Waals surface area (Å²) in [5.74, 6) is 0.00154. The quantitative estimate of drug-likeness (QED) is 0.500. The molecule has 7 heteroatoms. The minimum absolute atomic E-state index is 0.0152. The van der Waals surface area contributed by atoms with Crippen LogP contribution in [0.5, 0.6) is 0 Å². The number of ether oxygens (including phenoxy) is 1. The number of nitrogens with zero attached hydrogens (tertiary/aromatic N) is 1. The van der Waals surface area contributed by atoms with E-state index in [1.54, 1.807) is 6.92 Å². The van der Waals surface area contributed by atoms with Crippen molar-refractivity contribution in [3.8, 4) is 0 Å². The Morgan fingerprint density at radius 2 is 1.78 bits per heavy atom. The number of aliphatic carboxylic acids is 1. The smallest absolute Gasteiger partial charge is 0.344 e. The maximum atomic E-state index is 12.8. The van der Waals surface area contributed by atoms with E-state index < -0.39 is 18.2 Å². The molecule has 0 amide bonds. The predicted molar refractivity (Wildman–Crippen MR) is 118 cm³/mol. The largest absolute Gasteiger partial charge is 0.479 e. The molecule has 0 saturated heterocycles. The highest BCUT2D eigenvalue weighted by molar-refractivity contribution is 5.96. The van der Waals surface area contributed by atoms with Gasteiger partial charge in [0.05, 0.1) is 5.71 Å². The Bertz CT molecular complexity index is 893. The van der Waals surface area contributed by atoms with E-state index >= 15 is 0 Å². The number of carboxylic acid groups (broad SMARTS) is 1. The Kier molecular flexibility index (Phi) is 5.74. The summed E-state index contributed by atoms with van der Waals surface area (Å²) in [5.41, 5.74) is 0.999. The summed E-state index contributed by atoms with van der Waals surface area (Å²) in [6.07, 6.45) is 9.37. The minimum atomic E-state index is -1.03. The molecular weight excluding hydrogens is 410 g/mol. The summed E-state index contributed by atoms with van der Waals surface area (Å²) in [5, 5.41) is 12.8. The third-order valence-corrected chi connectivity index (χ3v) is 9.35. The Morgan fingerprint density at radius 1 is 1.06 bits per heavy atom. The maximum absolute atomic E-state index is 12.8. The van der Waals surface area contributed by atoms with Gasteiger partial charge in [-0.05, 0) is 87.5 Å². The van der Waals surface area contributed by atoms with Gasteiger partial charge in [0.2, 0.25) is 6.61 Å². The average Bonchev–Trinajstić information content (AvgIpc) is 3.01. The molecule has 0 aliphatic heterocycles. The number of carboxylic acids is 1. The van der Waals surface area contributed by atoms with E-state index in [4.69, 9.17) is 14.7 Å². The molecule has 3 saturated carbocycles. The maximum Gasteiger partial charge on any atom is 0.344 e. The SMILES string of the molecule is CC(=O)O[C@]1(C(C)=O)CC[C@@H]2[C@H]3CCC4=C/C(=N/OCC(=O)O)CC[C@]4(C)[C@@H]3CC[C@@]21C. The molecule has 1 N–H and O–H groups in total. The first-order valence-corrected chi connectivity index (χ1v) is 11.9. The van der Waals surface area contributed by atoms with E-state index in [9.17, 15) is 14.4 Å². The van der Waals surface area contributed by atoms with Gasteiger partial charge in [-0.15, -0.1) is 0 Å². The van der Waals surface area contributed by atoms with E-state index in [0.717, 1.165) is 50.7 Å². The fourth-order valence-electron chi connectivity index (χ4n) is 7.87. The lowest BCUT2D eigenvalue weighted by atomic mass is 9.46. The van der Waals surface area contributed by atoms with Crippen LogP contribution in [0.3, 0.4) is 0 Å². The molecule has 0 heterocycles. The van der Waals surface area contributed by atoms with Crippen molar-refractivity contribution in [3.63, 3.8) is 0 Å². The lowest BCUT2D eigenvalue weighted by molar-refractivity contribution is -0.187. The number of carbonyl (C=O) groups is 3. The van der Waals surface area contributed by atoms with Crippen molar-refractivity contribution in [2.24, 2.45) is 33.7 Å². The second-order valence-electron chi connectivity index (χ2n) is 10.7. The number of hydrogen-bond acceptors (Lipinski definition) is 6. The van der Waals surface area contributed by atoms with Gasteiger partial charge < -0.3 is 14.7 Å². The van der Waals surface area contributed by atoms with Crippen molar-refractivity contribution in [2.45, 2.75) is 84.7 Å². The van der Waals surface area contributed by atoms with Crippen molar-refractivity contribution < 1.29 is 29.1 Å². The first-order valence-electron chi connectivity index (χ1n) is 11.9. The van der Waals surface area contributed by atoms with Gasteiger partial charge in [-0.1, -0.05) is 24.6 Å². The van der Waals surface area contributed by atoms with Crippen molar-refractivity contribution >= 4 is 23.4 Å². The molecule has 32 heavy (non-hydrogen) atoms. The highest BCUT2D eigenvalue weighted by Gasteiger charge is 2.67. The lowest BCUT2D eigenvalue weighted by Crippen LogP contribution is -2.58. The third-order valence-electron chi connectivity index (χ3n) is 9.35. The first kappa shape index (κ1) is 23.0. The summed E-state index contributed by atoms with van der Waals surface area (Å²) < 4.78 is 5.84. The molecule has 0 spiro atoms. The normalized spacial score (nSPS) is 41.7. The standard InChI is InChI=1S/C25H35NO6/c1-15(27)25(32-16(2)28)12-9-21-19-6-5-17-13-18(26-31-14-22(29)30)7-10-23(17,3)20(19)8-11-24(21,25)4/h13,19-21H,5-12,14H2,1-4H3,(H,29,30)/b26-18+/t19-,20+,21+,23-,24-,25-/m0/s1. The average molecular weight is 446 g/mol. The molecular formula is C25H35NO6. The number of carbonyl (C=O) groups excluding carboxylic acids is 2. The van der Waals surface area contributed by atoms with E-state index in [2.05, 4.69) is 25.1 Å². The number of Topliss-reactive ketones (excluding diaryl/α,β-unsaturated/α-hetero) is 1. The van der Waals surface area contributed by atoms with Crippen LogP contribution in [0.1, 0.15) is 79.1 Å². The second kappa shape index (κ2) is 7.99. The van der Waals surface area contributed by atoms with Crippen molar-refractivity contribution in [1.82, 2.24) is 0 Å². The Balaban J connectivity index is 1.59. The van der Waals surface area contributed by atoms with Crippen LogP contribution in [0.4, 0.5) is 0 Å². The Morgan fingerprint density at radius 3 is 2.44 bits per heavy atom. The van der Waals surface area contributed by atoms with Crippen LogP contribution in [0.2, 0.25) is 0 Å². The van der Waals surface area contributed by atoms with Gasteiger partial charge in [0.15, 0.2) is 11.4 Å². The Hall–Kier alpha value is -2.18. The van der Waals surface area contributed by atoms with Gasteiger partial charge in [0.25, 0.3) is 0 Å². The molecule has 0 bridgehead atoms. The molecule has 0 aromatic carbocycles. The van der Waals surface area contributed by atoms with Crippen molar-refractivity contribution in [3.05, 3.63) is 11.6 Å². The van der Waals surface area contributed by atoms with Crippen LogP contribution in [0, 0.1) is 28.6 Å². The van der Waals surface area contributed by atoms with Crippen LogP contribution < -0.4 is 0 Å². The first-order chi connectivity index (χ1) is 15.0. The number of esters is 1. The predicted octanol–water partition coefficient (Wildman–Crippen LogP) is 4.30. The van der Waals surface area contributed by atoms with Gasteiger partial charge in [0.1, 0.15) is 0 Å². The molecule has 0 unspecified atom stereocenters. The van der Waals surface area contributed by atoms with E-state index in [1.807, 2.05) is 0 Å². The fraction of sp³-hybridized carbons (Fsp3) is 0.760. The second-order valence-corrected chi connectivity index (χ2v) is 10.7. The summed E-state index contributed by atoms with van der Waals surface area (Å²) in [6.45, 7) is 7.12. The van der Waals surface area contributed by atoms with Crippen LogP contribution in [0.15, 0.2) is 16.8 Å². The highest BCUT2D eigenvalue weighted by Crippen LogP contribution is 2.68. The summed E-state index contributed by atoms with van der Waals surface area (Å²) in [4.78, 5) is 40.4. The zero-order chi connectivity index (χ0) is 23.3. The van der Waals surface area contributed by atoms with Crippen molar-refractivity contribution in [1.29, 1.82) is 0 Å². The molecule has 0 aromatic heterocycles. The number of allylic oxidation sites excluding steroid dienone is 2. The topological polar surface area (TPSA) is 102 Å². The van der Waals surface area contributed by atoms with Crippen LogP contribution in [0.25, 0.3) is 0 Å². The van der Waals surface area contributed by atoms with Crippen molar-refractivity contribution in [2.75, 3.05) is 6.61 Å². The van der Waals surface area contributed by atoms with Crippen LogP contribution in [-0.4, -0.2) is 40.7 Å². The fourth-order valence-corrected chi connectivity index (χ4v) is 7.87. The van der Waals surface area contributed by atoms with E-state index in [-0.39, 0.29) is 22.6 Å². The lowest BCUT2D eigenvalue weighted by Gasteiger charge is -2.59. The monoisotopic (exact) mass is 445 g/mol. The highest BCUT2D eigenvalue weighted by atomic mass is 16.6. The molecule has 4 aliphatic carbocycles. The number of hydrogen-bond donors (Lipinski definition) is 1. The molecule has 3 fully saturated rings. The molecule has 4 rings (SSSR count). The number of ketones is 1. The molecule has 0 radical (unpaired) electrons. The molecule has 0 aromatic rings. The molecule has 6 atom stereocenters. The number of rotatable bonds is 5. The zero-order valence-corrected chi connectivity index (χ0v) is 19.6. The molecule has 4 aliphatic rings. The van der Waals surface area contributed by atoms with E-state index in [0.29, 0.717) is 24.2 Å². The van der Waals surface area contributed by atoms with Gasteiger partial charge in [-0.2, -0.15) is 0 Å². The van der Waals surface area contributed by atoms with Gasteiger partial charge in [-0.25, -0.2) is 4.79 Å². The third kappa shape index (κ3) is 3.39. The van der Waals surface area contributed by atoms with Crippen LogP contribution in [-0.2, 0) is 24.0 Å². The van der Waals surface area contributed by atoms with Gasteiger partial charge in [0, 0.05) is 12.3 Å². The summed E-state index contributed by atoms with van der Waals surface area (Å²) in [7, 11) is 0. The van der Waals surface area contributed by atoms with Gasteiger partial charge in [-0.3, -0.25) is 9.59 Å². The number of oxime groups is 1. The summed E-state index contributed by atoms with van der Waals surface area (Å²) in [6, 6.07) is 0.